The summed E-state index contributed by atoms with van der Waals surface area (Å²) in [6.07, 6.45) is -0.481. The summed E-state index contributed by atoms with van der Waals surface area (Å²) < 4.78 is 5.28. The van der Waals surface area contributed by atoms with Crippen molar-refractivity contribution < 1.29 is 9.53 Å². The van der Waals surface area contributed by atoms with E-state index in [9.17, 15) is 4.79 Å². The maximum absolute atomic E-state index is 11.9. The number of nitrogens with two attached hydrogens (primary N) is 1. The van der Waals surface area contributed by atoms with Crippen LogP contribution in [0.25, 0.3) is 0 Å². The molecule has 0 saturated carbocycles. The number of benzene rings is 2. The zero-order valence-electron chi connectivity index (χ0n) is 13.7. The molecule has 2 aromatic rings. The molecule has 0 radical (unpaired) electrons. The van der Waals surface area contributed by atoms with Crippen LogP contribution in [0, 0.1) is 0 Å². The number of anilines is 3. The lowest BCUT2D eigenvalue weighted by atomic mass is 10.1. The highest BCUT2D eigenvalue weighted by Crippen LogP contribution is 2.23. The molecule has 23 heavy (non-hydrogen) atoms. The minimum atomic E-state index is -0.537. The van der Waals surface area contributed by atoms with E-state index in [2.05, 4.69) is 10.6 Å². The predicted octanol–water partition coefficient (Wildman–Crippen LogP) is 4.23. The molecule has 2 rings (SSSR count). The van der Waals surface area contributed by atoms with Crippen LogP contribution in [0.1, 0.15) is 26.3 Å². The van der Waals surface area contributed by atoms with Crippen LogP contribution in [-0.2, 0) is 11.3 Å². The lowest BCUT2D eigenvalue weighted by Gasteiger charge is -2.20. The predicted molar refractivity (Wildman–Crippen MR) is 94.5 cm³/mol. The monoisotopic (exact) mass is 313 g/mol. The number of nitrogens with one attached hydrogen (secondary N) is 2. The lowest BCUT2D eigenvalue weighted by Crippen LogP contribution is -2.27. The van der Waals surface area contributed by atoms with Gasteiger partial charge in [0.05, 0.1) is 11.4 Å². The van der Waals surface area contributed by atoms with Crippen molar-refractivity contribution in [2.45, 2.75) is 32.9 Å². The molecule has 0 unspecified atom stereocenters. The van der Waals surface area contributed by atoms with Crippen molar-refractivity contribution in [1.29, 1.82) is 0 Å². The first kappa shape index (κ1) is 16.7. The third-order valence-electron chi connectivity index (χ3n) is 3.09. The molecule has 0 bridgehead atoms. The summed E-state index contributed by atoms with van der Waals surface area (Å²) in [6.45, 7) is 6.05. The smallest absolute Gasteiger partial charge is 0.412 e. The standard InChI is InChI=1S/C18H23N3O2/c1-18(2,3)23-17(22)21-16-11-7-6-10-15(16)20-12-13-8-4-5-9-14(13)19/h4-11,20H,12,19H2,1-3H3,(H,21,22). The number of hydrogen-bond acceptors (Lipinski definition) is 4. The van der Waals surface area contributed by atoms with Gasteiger partial charge in [-0.05, 0) is 44.5 Å². The quantitative estimate of drug-likeness (QED) is 0.738. The Morgan fingerprint density at radius 2 is 1.65 bits per heavy atom. The molecule has 0 fully saturated rings. The molecule has 0 aliphatic heterocycles. The van der Waals surface area contributed by atoms with E-state index < -0.39 is 11.7 Å². The van der Waals surface area contributed by atoms with Crippen LogP contribution in [0.5, 0.6) is 0 Å². The largest absolute Gasteiger partial charge is 0.444 e. The summed E-state index contributed by atoms with van der Waals surface area (Å²) in [4.78, 5) is 11.9. The Morgan fingerprint density at radius 3 is 2.30 bits per heavy atom. The SMILES string of the molecule is CC(C)(C)OC(=O)Nc1ccccc1NCc1ccccc1N. The van der Waals surface area contributed by atoms with Crippen molar-refractivity contribution in [3.8, 4) is 0 Å². The van der Waals surface area contributed by atoms with E-state index in [1.54, 1.807) is 0 Å². The van der Waals surface area contributed by atoms with Crippen LogP contribution in [-0.4, -0.2) is 11.7 Å². The third kappa shape index (κ3) is 5.21. The average molecular weight is 313 g/mol. The second-order valence-corrected chi connectivity index (χ2v) is 6.22. The Bertz CT molecular complexity index is 678. The lowest BCUT2D eigenvalue weighted by molar-refractivity contribution is 0.0636. The van der Waals surface area contributed by atoms with Crippen LogP contribution in [0.15, 0.2) is 48.5 Å². The molecule has 1 amide bonds. The van der Waals surface area contributed by atoms with Crippen molar-refractivity contribution in [1.82, 2.24) is 0 Å². The second-order valence-electron chi connectivity index (χ2n) is 6.22. The summed E-state index contributed by atoms with van der Waals surface area (Å²) >= 11 is 0. The summed E-state index contributed by atoms with van der Waals surface area (Å²) in [5, 5.41) is 6.05. The molecule has 4 N–H and O–H groups in total. The number of nitrogen functional groups attached to an aromatic ring is 1. The van der Waals surface area contributed by atoms with Gasteiger partial charge in [0.25, 0.3) is 0 Å². The molecule has 0 aliphatic carbocycles. The van der Waals surface area contributed by atoms with Gasteiger partial charge in [0.1, 0.15) is 5.60 Å². The molecule has 0 atom stereocenters. The first-order valence-corrected chi connectivity index (χ1v) is 7.51. The number of carbonyl (C=O) groups is 1. The van der Waals surface area contributed by atoms with Crippen LogP contribution < -0.4 is 16.4 Å². The van der Waals surface area contributed by atoms with E-state index in [0.717, 1.165) is 16.9 Å². The Balaban J connectivity index is 2.06. The average Bonchev–Trinajstić information content (AvgIpc) is 2.46. The third-order valence-corrected chi connectivity index (χ3v) is 3.09. The van der Waals surface area contributed by atoms with Gasteiger partial charge < -0.3 is 15.8 Å². The summed E-state index contributed by atoms with van der Waals surface area (Å²) in [5.41, 5.74) is 8.61. The Labute approximate surface area is 136 Å². The van der Waals surface area contributed by atoms with Crippen LogP contribution >= 0.6 is 0 Å². The number of amides is 1. The molecule has 122 valence electrons. The molecule has 5 heteroatoms. The van der Waals surface area contributed by atoms with Crippen molar-refractivity contribution in [2.75, 3.05) is 16.4 Å². The molecular formula is C18H23N3O2. The normalized spacial score (nSPS) is 10.9. The molecule has 0 heterocycles. The van der Waals surface area contributed by atoms with Crippen molar-refractivity contribution in [3.05, 3.63) is 54.1 Å². The van der Waals surface area contributed by atoms with E-state index in [4.69, 9.17) is 10.5 Å². The van der Waals surface area contributed by atoms with Gasteiger partial charge in [-0.15, -0.1) is 0 Å². The van der Waals surface area contributed by atoms with E-state index in [1.807, 2.05) is 69.3 Å². The molecule has 0 aromatic heterocycles. The fourth-order valence-electron chi connectivity index (χ4n) is 2.05. The maximum atomic E-state index is 11.9. The van der Waals surface area contributed by atoms with E-state index in [1.165, 1.54) is 0 Å². The highest BCUT2D eigenvalue weighted by molar-refractivity contribution is 5.89. The number of para-hydroxylation sites is 3. The first-order valence-electron chi connectivity index (χ1n) is 7.51. The zero-order valence-corrected chi connectivity index (χ0v) is 13.7. The van der Waals surface area contributed by atoms with E-state index in [-0.39, 0.29) is 0 Å². The maximum Gasteiger partial charge on any atom is 0.412 e. The zero-order chi connectivity index (χ0) is 16.9. The molecule has 0 aliphatic rings. The van der Waals surface area contributed by atoms with Gasteiger partial charge >= 0.3 is 6.09 Å². The summed E-state index contributed by atoms with van der Waals surface area (Å²) in [7, 11) is 0. The second kappa shape index (κ2) is 7.05. The van der Waals surface area contributed by atoms with E-state index in [0.29, 0.717) is 12.2 Å². The number of hydrogen-bond donors (Lipinski definition) is 3. The number of ether oxygens (including phenoxy) is 1. The minimum Gasteiger partial charge on any atom is -0.444 e. The van der Waals surface area contributed by atoms with Crippen molar-refractivity contribution in [2.24, 2.45) is 0 Å². The highest BCUT2D eigenvalue weighted by atomic mass is 16.6. The van der Waals surface area contributed by atoms with Crippen molar-refractivity contribution in [3.63, 3.8) is 0 Å². The van der Waals surface area contributed by atoms with Gasteiger partial charge in [-0.25, -0.2) is 4.79 Å². The Hall–Kier alpha value is -2.69. The summed E-state index contributed by atoms with van der Waals surface area (Å²) in [6, 6.07) is 15.1. The van der Waals surface area contributed by atoms with Gasteiger partial charge in [-0.2, -0.15) is 0 Å². The Morgan fingerprint density at radius 1 is 1.04 bits per heavy atom. The number of carbonyl (C=O) groups excluding carboxylic acids is 1. The van der Waals surface area contributed by atoms with Gasteiger partial charge in [0, 0.05) is 12.2 Å². The molecular weight excluding hydrogens is 290 g/mol. The van der Waals surface area contributed by atoms with Crippen LogP contribution in [0.2, 0.25) is 0 Å². The summed E-state index contributed by atoms with van der Waals surface area (Å²) in [5.74, 6) is 0. The highest BCUT2D eigenvalue weighted by Gasteiger charge is 2.17. The van der Waals surface area contributed by atoms with Gasteiger partial charge in [0.15, 0.2) is 0 Å². The molecule has 5 nitrogen and oxygen atoms in total. The van der Waals surface area contributed by atoms with Crippen LogP contribution in [0.4, 0.5) is 21.9 Å². The van der Waals surface area contributed by atoms with E-state index >= 15 is 0 Å². The fraction of sp³-hybridized carbons (Fsp3) is 0.278. The van der Waals surface area contributed by atoms with Crippen LogP contribution in [0.3, 0.4) is 0 Å². The fourth-order valence-corrected chi connectivity index (χ4v) is 2.05. The molecule has 0 spiro atoms. The topological polar surface area (TPSA) is 76.4 Å². The molecule has 0 saturated heterocycles. The minimum absolute atomic E-state index is 0.481. The van der Waals surface area contributed by atoms with Crippen molar-refractivity contribution >= 4 is 23.2 Å². The first-order chi connectivity index (χ1) is 10.8. The number of rotatable bonds is 4. The molecule has 2 aromatic carbocycles. The van der Waals surface area contributed by atoms with Gasteiger partial charge in [-0.1, -0.05) is 30.3 Å². The van der Waals surface area contributed by atoms with Gasteiger partial charge in [-0.3, -0.25) is 5.32 Å². The Kier molecular flexibility index (Phi) is 5.11. The van der Waals surface area contributed by atoms with Gasteiger partial charge in [0.2, 0.25) is 0 Å².